The lowest BCUT2D eigenvalue weighted by Gasteiger charge is -2.34. The van der Waals surface area contributed by atoms with Crippen molar-refractivity contribution in [2.75, 3.05) is 5.73 Å². The van der Waals surface area contributed by atoms with Gasteiger partial charge in [0.1, 0.15) is 0 Å². The van der Waals surface area contributed by atoms with Crippen molar-refractivity contribution in [3.05, 3.63) is 269 Å². The molecule has 1 aliphatic rings. The average Bonchev–Trinajstić information content (AvgIpc) is 3.60. The third kappa shape index (κ3) is 5.54. The van der Waals surface area contributed by atoms with Crippen LogP contribution in [-0.4, -0.2) is 0 Å². The summed E-state index contributed by atoms with van der Waals surface area (Å²) in [6.07, 6.45) is 0. The molecule has 11 rings (SSSR count). The maximum Gasteiger partial charge on any atom is 0.0713 e. The summed E-state index contributed by atoms with van der Waals surface area (Å²) < 4.78 is 0. The van der Waals surface area contributed by atoms with E-state index in [0.29, 0.717) is 0 Å². The van der Waals surface area contributed by atoms with Gasteiger partial charge in [0.15, 0.2) is 0 Å². The Kier molecular flexibility index (Phi) is 8.34. The lowest BCUT2D eigenvalue weighted by Crippen LogP contribution is -2.28. The van der Waals surface area contributed by atoms with Crippen LogP contribution in [0.25, 0.3) is 54.9 Å². The molecule has 0 aliphatic heterocycles. The van der Waals surface area contributed by atoms with Crippen LogP contribution in [0.15, 0.2) is 231 Å². The van der Waals surface area contributed by atoms with Gasteiger partial charge in [-0.1, -0.05) is 224 Å². The summed E-state index contributed by atoms with van der Waals surface area (Å²) in [5.74, 6) is 0.0273. The smallest absolute Gasteiger partial charge is 0.0713 e. The molecule has 278 valence electrons. The van der Waals surface area contributed by atoms with E-state index in [2.05, 4.69) is 218 Å². The highest BCUT2D eigenvalue weighted by Crippen LogP contribution is 2.57. The minimum atomic E-state index is -0.458. The number of nitrogens with two attached hydrogens (primary N) is 1. The average molecular weight is 752 g/mol. The van der Waals surface area contributed by atoms with Gasteiger partial charge in [-0.25, -0.2) is 0 Å². The van der Waals surface area contributed by atoms with E-state index in [1.807, 2.05) is 12.1 Å². The Labute approximate surface area is 345 Å². The fourth-order valence-corrected chi connectivity index (χ4v) is 10.1. The maximum atomic E-state index is 6.60. The molecule has 10 aromatic carbocycles. The van der Waals surface area contributed by atoms with E-state index in [1.165, 1.54) is 77.5 Å². The van der Waals surface area contributed by atoms with Crippen LogP contribution >= 0.6 is 0 Å². The summed E-state index contributed by atoms with van der Waals surface area (Å²) in [6, 6.07) is 84.6. The molecule has 0 radical (unpaired) electrons. The molecule has 0 amide bonds. The predicted octanol–water partition coefficient (Wildman–Crippen LogP) is 14.5. The van der Waals surface area contributed by atoms with Crippen LogP contribution in [0.3, 0.4) is 0 Å². The van der Waals surface area contributed by atoms with Crippen molar-refractivity contribution in [3.63, 3.8) is 0 Å². The molecule has 0 fully saturated rings. The van der Waals surface area contributed by atoms with Crippen LogP contribution < -0.4 is 5.73 Å². The molecule has 1 nitrogen and oxygen atoms in total. The van der Waals surface area contributed by atoms with Gasteiger partial charge in [0.05, 0.1) is 5.41 Å². The number of anilines is 1. The van der Waals surface area contributed by atoms with Crippen LogP contribution in [-0.2, 0) is 5.41 Å². The van der Waals surface area contributed by atoms with Crippen LogP contribution in [0.5, 0.6) is 0 Å². The fraction of sp³-hybridized carbons (Fsp3) is 0.0345. The highest BCUT2D eigenvalue weighted by molar-refractivity contribution is 6.12. The molecular weight excluding hydrogens is 711 g/mol. The minimum absolute atomic E-state index is 0.0273. The van der Waals surface area contributed by atoms with Crippen molar-refractivity contribution in [2.45, 2.75) is 11.3 Å². The molecule has 0 spiro atoms. The van der Waals surface area contributed by atoms with Gasteiger partial charge in [-0.2, -0.15) is 0 Å². The molecule has 1 heteroatoms. The summed E-state index contributed by atoms with van der Waals surface area (Å²) in [5.41, 5.74) is 23.3. The second-order valence-corrected chi connectivity index (χ2v) is 15.8. The van der Waals surface area contributed by atoms with E-state index in [1.54, 1.807) is 0 Å². The first-order valence-corrected chi connectivity index (χ1v) is 20.5. The number of rotatable bonds is 7. The predicted molar refractivity (Wildman–Crippen MR) is 248 cm³/mol. The molecule has 2 N–H and O–H groups in total. The van der Waals surface area contributed by atoms with Gasteiger partial charge in [-0.15, -0.1) is 0 Å². The van der Waals surface area contributed by atoms with Crippen molar-refractivity contribution in [1.82, 2.24) is 0 Å². The number of fused-ring (bicyclic) bond motifs is 5. The Morgan fingerprint density at radius 3 is 1.56 bits per heavy atom. The van der Waals surface area contributed by atoms with Crippen LogP contribution in [0.1, 0.15) is 44.9 Å². The van der Waals surface area contributed by atoms with E-state index in [4.69, 9.17) is 5.73 Å². The molecule has 0 saturated carbocycles. The zero-order valence-electron chi connectivity index (χ0n) is 32.6. The fourth-order valence-electron chi connectivity index (χ4n) is 10.1. The molecule has 0 saturated heterocycles. The van der Waals surface area contributed by atoms with Gasteiger partial charge in [-0.3, -0.25) is 0 Å². The molecule has 59 heavy (non-hydrogen) atoms. The summed E-state index contributed by atoms with van der Waals surface area (Å²) in [7, 11) is 0. The van der Waals surface area contributed by atoms with E-state index in [9.17, 15) is 0 Å². The molecule has 0 heterocycles. The zero-order chi connectivity index (χ0) is 39.3. The Morgan fingerprint density at radius 1 is 0.339 bits per heavy atom. The number of nitrogen functional groups attached to an aromatic ring is 1. The SMILES string of the molecule is Nc1cccc2cccc(-c3ccc(-c4ccc(C(c5ccccc5)c5ccc6c(c5)C(c5ccccc5)(c5ccccc5)c5ccccc5-6)cc4)c4ccccc34)c12. The third-order valence-electron chi connectivity index (χ3n) is 12.7. The second kappa shape index (κ2) is 14.2. The molecule has 1 unspecified atom stereocenters. The van der Waals surface area contributed by atoms with Crippen molar-refractivity contribution < 1.29 is 0 Å². The Hall–Kier alpha value is -7.48. The molecule has 0 bridgehead atoms. The van der Waals surface area contributed by atoms with Gasteiger partial charge >= 0.3 is 0 Å². The largest absolute Gasteiger partial charge is 0.398 e. The van der Waals surface area contributed by atoms with Gasteiger partial charge in [0.25, 0.3) is 0 Å². The molecular formula is C58H41N. The minimum Gasteiger partial charge on any atom is -0.398 e. The highest BCUT2D eigenvalue weighted by Gasteiger charge is 2.46. The maximum absolute atomic E-state index is 6.60. The van der Waals surface area contributed by atoms with Crippen molar-refractivity contribution in [1.29, 1.82) is 0 Å². The first kappa shape index (κ1) is 34.7. The number of benzene rings is 10. The van der Waals surface area contributed by atoms with Crippen molar-refractivity contribution in [3.8, 4) is 33.4 Å². The van der Waals surface area contributed by atoms with Crippen LogP contribution in [0.4, 0.5) is 5.69 Å². The van der Waals surface area contributed by atoms with E-state index >= 15 is 0 Å². The Bertz CT molecular complexity index is 3100. The van der Waals surface area contributed by atoms with Crippen LogP contribution in [0, 0.1) is 0 Å². The van der Waals surface area contributed by atoms with Gasteiger partial charge in [0.2, 0.25) is 0 Å². The second-order valence-electron chi connectivity index (χ2n) is 15.8. The van der Waals surface area contributed by atoms with Gasteiger partial charge in [0, 0.05) is 17.0 Å². The van der Waals surface area contributed by atoms with Gasteiger partial charge < -0.3 is 5.73 Å². The van der Waals surface area contributed by atoms with E-state index < -0.39 is 5.41 Å². The quantitative estimate of drug-likeness (QED) is 0.127. The standard InChI is InChI=1S/C58H41N/c59-55-29-15-19-41-18-14-27-52(57(41)55)49-37-36-46(47-24-10-11-25-48(47)49)39-30-32-42(33-31-39)56(40-16-4-1-5-17-40)43-34-35-51-50-26-12-13-28-53(50)58(54(51)38-43,44-20-6-2-7-21-44)45-22-8-3-9-23-45/h1-38,56H,59H2. The molecule has 10 aromatic rings. The summed E-state index contributed by atoms with van der Waals surface area (Å²) in [5, 5.41) is 4.69. The van der Waals surface area contributed by atoms with Crippen LogP contribution in [0.2, 0.25) is 0 Å². The van der Waals surface area contributed by atoms with Crippen molar-refractivity contribution in [2.24, 2.45) is 0 Å². The Balaban J connectivity index is 1.06. The summed E-state index contributed by atoms with van der Waals surface area (Å²) in [6.45, 7) is 0. The van der Waals surface area contributed by atoms with Gasteiger partial charge in [-0.05, 0) is 94.5 Å². The van der Waals surface area contributed by atoms with Crippen molar-refractivity contribution >= 4 is 27.2 Å². The topological polar surface area (TPSA) is 26.0 Å². The summed E-state index contributed by atoms with van der Waals surface area (Å²) in [4.78, 5) is 0. The first-order chi connectivity index (χ1) is 29.2. The lowest BCUT2D eigenvalue weighted by atomic mass is 9.67. The molecule has 1 aliphatic carbocycles. The summed E-state index contributed by atoms with van der Waals surface area (Å²) >= 11 is 0. The first-order valence-electron chi connectivity index (χ1n) is 20.5. The Morgan fingerprint density at radius 2 is 0.847 bits per heavy atom. The number of hydrogen-bond donors (Lipinski definition) is 1. The molecule has 1 atom stereocenters. The number of hydrogen-bond acceptors (Lipinski definition) is 1. The highest BCUT2D eigenvalue weighted by atomic mass is 14.6. The van der Waals surface area contributed by atoms with E-state index in [0.717, 1.165) is 22.0 Å². The molecule has 0 aromatic heterocycles. The van der Waals surface area contributed by atoms with E-state index in [-0.39, 0.29) is 5.92 Å². The normalized spacial score (nSPS) is 13.2. The lowest BCUT2D eigenvalue weighted by molar-refractivity contribution is 0.765. The monoisotopic (exact) mass is 751 g/mol. The third-order valence-corrected chi connectivity index (χ3v) is 12.7. The zero-order valence-corrected chi connectivity index (χ0v) is 32.6.